The third-order valence-corrected chi connectivity index (χ3v) is 6.38. The topological polar surface area (TPSA) is 97.4 Å². The molecular weight excluding hydrogens is 456 g/mol. The Balaban J connectivity index is 1.49. The Kier molecular flexibility index (Phi) is 5.81. The van der Waals surface area contributed by atoms with Gasteiger partial charge in [0.15, 0.2) is 0 Å². The monoisotopic (exact) mass is 478 g/mol. The zero-order chi connectivity index (χ0) is 23.8. The molecule has 1 aromatic heterocycles. The first-order valence-corrected chi connectivity index (χ1v) is 11.3. The van der Waals surface area contributed by atoms with E-state index >= 15 is 0 Å². The maximum Gasteiger partial charge on any atom is 0.201 e. The first kappa shape index (κ1) is 22.1. The van der Waals surface area contributed by atoms with E-state index in [-0.39, 0.29) is 33.6 Å². The molecule has 5 rings (SSSR count). The van der Waals surface area contributed by atoms with Crippen molar-refractivity contribution in [1.29, 1.82) is 0 Å². The zero-order valence-corrected chi connectivity index (χ0v) is 19.0. The molecule has 34 heavy (non-hydrogen) atoms. The maximum absolute atomic E-state index is 13.5. The lowest BCUT2D eigenvalue weighted by Gasteiger charge is -2.36. The Morgan fingerprint density at radius 1 is 0.853 bits per heavy atom. The highest BCUT2D eigenvalue weighted by atomic mass is 35.5. The number of fused-ring (bicyclic) bond motifs is 1. The molecule has 3 N–H and O–H groups in total. The van der Waals surface area contributed by atoms with Gasteiger partial charge < -0.3 is 24.6 Å². The van der Waals surface area contributed by atoms with E-state index in [2.05, 4.69) is 9.80 Å². The summed E-state index contributed by atoms with van der Waals surface area (Å²) in [6, 6.07) is 16.6. The molecule has 0 radical (unpaired) electrons. The molecule has 0 aliphatic carbocycles. The van der Waals surface area contributed by atoms with Crippen molar-refractivity contribution < 1.29 is 19.7 Å². The number of halogens is 1. The highest BCUT2D eigenvalue weighted by Gasteiger charge is 2.24. The third kappa shape index (κ3) is 4.27. The van der Waals surface area contributed by atoms with Crippen molar-refractivity contribution in [3.63, 3.8) is 0 Å². The summed E-state index contributed by atoms with van der Waals surface area (Å²) in [5.74, 6) is -0.0737. The Morgan fingerprint density at radius 2 is 1.53 bits per heavy atom. The summed E-state index contributed by atoms with van der Waals surface area (Å²) < 4.78 is 6.05. The van der Waals surface area contributed by atoms with Gasteiger partial charge in [-0.1, -0.05) is 11.6 Å². The van der Waals surface area contributed by atoms with Crippen molar-refractivity contribution in [1.82, 2.24) is 4.90 Å². The van der Waals surface area contributed by atoms with E-state index < -0.39 is 0 Å². The zero-order valence-electron chi connectivity index (χ0n) is 18.2. The minimum absolute atomic E-state index is 0.0372. The fourth-order valence-electron chi connectivity index (χ4n) is 4.35. The van der Waals surface area contributed by atoms with Gasteiger partial charge in [0.1, 0.15) is 34.0 Å². The quantitative estimate of drug-likeness (QED) is 0.396. The second-order valence-corrected chi connectivity index (χ2v) is 8.80. The van der Waals surface area contributed by atoms with Crippen LogP contribution in [0.15, 0.2) is 69.9 Å². The molecule has 1 aliphatic heterocycles. The summed E-state index contributed by atoms with van der Waals surface area (Å²) in [5, 5.41) is 30.7. The Bertz CT molecular complexity index is 1390. The molecule has 4 aromatic rings. The summed E-state index contributed by atoms with van der Waals surface area (Å²) in [6.07, 6.45) is 0. The Hall–Kier alpha value is -3.68. The van der Waals surface area contributed by atoms with E-state index in [0.29, 0.717) is 28.5 Å². The fraction of sp³-hybridized carbons (Fsp3) is 0.192. The number of anilines is 1. The SMILES string of the molecule is O=c1c(CN2CCN(c3ccc(Cl)cc3)CC2)c(-c2ccc(O)cc2)oc2cc(O)cc(O)c12. The summed E-state index contributed by atoms with van der Waals surface area (Å²) in [4.78, 5) is 18.0. The van der Waals surface area contributed by atoms with Gasteiger partial charge in [0.2, 0.25) is 5.43 Å². The van der Waals surface area contributed by atoms with Gasteiger partial charge in [-0.2, -0.15) is 0 Å². The Labute approximate surface area is 200 Å². The van der Waals surface area contributed by atoms with Gasteiger partial charge in [-0.25, -0.2) is 0 Å². The molecular formula is C26H23ClN2O5. The second kappa shape index (κ2) is 8.93. The first-order valence-electron chi connectivity index (χ1n) is 10.9. The average Bonchev–Trinajstić information content (AvgIpc) is 2.82. The predicted molar refractivity (Wildman–Crippen MR) is 132 cm³/mol. The van der Waals surface area contributed by atoms with Gasteiger partial charge in [0.05, 0.1) is 5.56 Å². The molecule has 1 saturated heterocycles. The molecule has 0 saturated carbocycles. The van der Waals surface area contributed by atoms with Crippen LogP contribution in [0.2, 0.25) is 5.02 Å². The number of piperazine rings is 1. The Morgan fingerprint density at radius 3 is 2.21 bits per heavy atom. The van der Waals surface area contributed by atoms with E-state index in [4.69, 9.17) is 16.0 Å². The van der Waals surface area contributed by atoms with Gasteiger partial charge in [-0.3, -0.25) is 9.69 Å². The van der Waals surface area contributed by atoms with E-state index in [1.807, 2.05) is 24.3 Å². The van der Waals surface area contributed by atoms with Crippen LogP contribution in [0.4, 0.5) is 5.69 Å². The van der Waals surface area contributed by atoms with E-state index in [0.717, 1.165) is 37.9 Å². The molecule has 174 valence electrons. The smallest absolute Gasteiger partial charge is 0.201 e. The van der Waals surface area contributed by atoms with Crippen LogP contribution in [0.1, 0.15) is 5.56 Å². The normalized spacial score (nSPS) is 14.6. The van der Waals surface area contributed by atoms with Crippen molar-refractivity contribution in [3.05, 3.63) is 81.5 Å². The molecule has 8 heteroatoms. The lowest BCUT2D eigenvalue weighted by atomic mass is 10.0. The highest BCUT2D eigenvalue weighted by molar-refractivity contribution is 6.30. The van der Waals surface area contributed by atoms with Crippen LogP contribution in [0.5, 0.6) is 17.2 Å². The molecule has 3 aromatic carbocycles. The van der Waals surface area contributed by atoms with Crippen LogP contribution in [0.25, 0.3) is 22.3 Å². The predicted octanol–water partition coefficient (Wildman–Crippen LogP) is 4.55. The van der Waals surface area contributed by atoms with Crippen LogP contribution >= 0.6 is 11.6 Å². The second-order valence-electron chi connectivity index (χ2n) is 8.36. The van der Waals surface area contributed by atoms with Crippen molar-refractivity contribution in [2.24, 2.45) is 0 Å². The van der Waals surface area contributed by atoms with Crippen molar-refractivity contribution >= 4 is 28.3 Å². The summed E-state index contributed by atoms with van der Waals surface area (Å²) in [6.45, 7) is 3.37. The van der Waals surface area contributed by atoms with Crippen LogP contribution in [-0.2, 0) is 6.54 Å². The molecule has 7 nitrogen and oxygen atoms in total. The molecule has 0 bridgehead atoms. The molecule has 1 fully saturated rings. The number of hydrogen-bond acceptors (Lipinski definition) is 7. The number of nitrogens with zero attached hydrogens (tertiary/aromatic N) is 2. The standard InChI is InChI=1S/C26H23ClN2O5/c27-17-3-5-18(6-4-17)29-11-9-28(10-12-29)15-21-25(33)24-22(32)13-20(31)14-23(24)34-26(21)16-1-7-19(30)8-2-16/h1-8,13-14,30-32H,9-12,15H2. The van der Waals surface area contributed by atoms with Crippen LogP contribution in [0, 0.1) is 0 Å². The molecule has 0 unspecified atom stereocenters. The summed E-state index contributed by atoms with van der Waals surface area (Å²) >= 11 is 6.00. The first-order chi connectivity index (χ1) is 16.4. The van der Waals surface area contributed by atoms with E-state index in [9.17, 15) is 20.1 Å². The molecule has 2 heterocycles. The minimum atomic E-state index is -0.345. The number of aromatic hydroxyl groups is 3. The van der Waals surface area contributed by atoms with Crippen molar-refractivity contribution in [2.45, 2.75) is 6.54 Å². The summed E-state index contributed by atoms with van der Waals surface area (Å²) in [7, 11) is 0. The van der Waals surface area contributed by atoms with E-state index in [1.165, 1.54) is 18.2 Å². The van der Waals surface area contributed by atoms with Gasteiger partial charge in [0, 0.05) is 61.1 Å². The highest BCUT2D eigenvalue weighted by Crippen LogP contribution is 2.33. The number of phenols is 3. The number of hydrogen-bond donors (Lipinski definition) is 3. The van der Waals surface area contributed by atoms with Crippen molar-refractivity contribution in [2.75, 3.05) is 31.1 Å². The van der Waals surface area contributed by atoms with Gasteiger partial charge in [0.25, 0.3) is 0 Å². The summed E-state index contributed by atoms with van der Waals surface area (Å²) in [5.41, 5.74) is 1.89. The van der Waals surface area contributed by atoms with Gasteiger partial charge in [-0.05, 0) is 48.5 Å². The number of rotatable bonds is 4. The fourth-order valence-corrected chi connectivity index (χ4v) is 4.48. The largest absolute Gasteiger partial charge is 0.508 e. The van der Waals surface area contributed by atoms with E-state index in [1.54, 1.807) is 12.1 Å². The van der Waals surface area contributed by atoms with Crippen LogP contribution in [0.3, 0.4) is 0 Å². The average molecular weight is 479 g/mol. The molecule has 1 aliphatic rings. The lowest BCUT2D eigenvalue weighted by Crippen LogP contribution is -2.46. The van der Waals surface area contributed by atoms with Crippen molar-refractivity contribution in [3.8, 4) is 28.6 Å². The van der Waals surface area contributed by atoms with Gasteiger partial charge in [-0.15, -0.1) is 0 Å². The molecule has 0 atom stereocenters. The number of benzene rings is 3. The minimum Gasteiger partial charge on any atom is -0.508 e. The third-order valence-electron chi connectivity index (χ3n) is 6.13. The number of phenolic OH excluding ortho intramolecular Hbond substituents is 3. The van der Waals surface area contributed by atoms with Gasteiger partial charge >= 0.3 is 0 Å². The van der Waals surface area contributed by atoms with Crippen LogP contribution < -0.4 is 10.3 Å². The molecule has 0 amide bonds. The lowest BCUT2D eigenvalue weighted by molar-refractivity contribution is 0.248. The van der Waals surface area contributed by atoms with Crippen LogP contribution in [-0.4, -0.2) is 46.4 Å². The molecule has 0 spiro atoms. The maximum atomic E-state index is 13.5.